The molecule has 16 heavy (non-hydrogen) atoms. The van der Waals surface area contributed by atoms with Gasteiger partial charge in [0, 0.05) is 11.1 Å². The maximum atomic E-state index is 11.2. The molecule has 0 bridgehead atoms. The van der Waals surface area contributed by atoms with Gasteiger partial charge in [-0.2, -0.15) is 4.99 Å². The van der Waals surface area contributed by atoms with Crippen LogP contribution in [0.1, 0.15) is 12.5 Å². The molecule has 4 nitrogen and oxygen atoms in total. The van der Waals surface area contributed by atoms with Crippen LogP contribution in [0.5, 0.6) is 0 Å². The first-order valence-electron chi connectivity index (χ1n) is 4.63. The molecule has 0 unspecified atom stereocenters. The van der Waals surface area contributed by atoms with Crippen LogP contribution in [0.4, 0.5) is 5.69 Å². The summed E-state index contributed by atoms with van der Waals surface area (Å²) in [5, 5.41) is 0. The fourth-order valence-corrected chi connectivity index (χ4v) is 1.06. The predicted octanol–water partition coefficient (Wildman–Crippen LogP) is 2.27. The molecule has 0 fully saturated rings. The van der Waals surface area contributed by atoms with Crippen LogP contribution in [0, 0.1) is 0 Å². The summed E-state index contributed by atoms with van der Waals surface area (Å²) < 4.78 is 4.95. The van der Waals surface area contributed by atoms with Crippen LogP contribution in [0.25, 0.3) is 0 Å². The summed E-state index contributed by atoms with van der Waals surface area (Å²) >= 11 is 0. The average Bonchev–Trinajstić information content (AvgIpc) is 2.27. The lowest BCUT2D eigenvalue weighted by molar-refractivity contribution is -0.140. The minimum absolute atomic E-state index is 0.0625. The topological polar surface area (TPSA) is 55.7 Å². The molecule has 0 atom stereocenters. The smallest absolute Gasteiger partial charge is 0.333 e. The van der Waals surface area contributed by atoms with Gasteiger partial charge >= 0.3 is 5.97 Å². The van der Waals surface area contributed by atoms with Crippen molar-refractivity contribution in [3.05, 3.63) is 42.0 Å². The van der Waals surface area contributed by atoms with Crippen molar-refractivity contribution in [2.75, 3.05) is 0 Å². The van der Waals surface area contributed by atoms with Crippen LogP contribution in [0.2, 0.25) is 0 Å². The van der Waals surface area contributed by atoms with Crippen molar-refractivity contribution < 1.29 is 14.3 Å². The van der Waals surface area contributed by atoms with Crippen molar-refractivity contribution in [2.24, 2.45) is 4.99 Å². The van der Waals surface area contributed by atoms with Gasteiger partial charge in [-0.3, -0.25) is 0 Å². The third-order valence-corrected chi connectivity index (χ3v) is 1.86. The number of rotatable bonds is 4. The van der Waals surface area contributed by atoms with Crippen molar-refractivity contribution in [1.29, 1.82) is 0 Å². The normalized spacial score (nSPS) is 9.06. The average molecular weight is 217 g/mol. The lowest BCUT2D eigenvalue weighted by atomic mass is 10.2. The van der Waals surface area contributed by atoms with E-state index in [0.717, 1.165) is 0 Å². The fourth-order valence-electron chi connectivity index (χ4n) is 1.06. The molecular formula is C12H11NO3. The zero-order chi connectivity index (χ0) is 12.0. The highest BCUT2D eigenvalue weighted by atomic mass is 16.5. The predicted molar refractivity (Wildman–Crippen MR) is 58.8 cm³/mol. The lowest BCUT2D eigenvalue weighted by Crippen LogP contribution is -2.04. The van der Waals surface area contributed by atoms with Crippen molar-refractivity contribution in [3.8, 4) is 0 Å². The number of benzene rings is 1. The Hall–Kier alpha value is -2.19. The van der Waals surface area contributed by atoms with Gasteiger partial charge < -0.3 is 4.74 Å². The van der Waals surface area contributed by atoms with Gasteiger partial charge in [0.2, 0.25) is 6.08 Å². The van der Waals surface area contributed by atoms with Gasteiger partial charge in [-0.15, -0.1) is 0 Å². The zero-order valence-corrected chi connectivity index (χ0v) is 8.90. The van der Waals surface area contributed by atoms with Crippen molar-refractivity contribution in [2.45, 2.75) is 13.5 Å². The summed E-state index contributed by atoms with van der Waals surface area (Å²) in [4.78, 5) is 24.8. The Labute approximate surface area is 93.3 Å². The van der Waals surface area contributed by atoms with Gasteiger partial charge in [0.1, 0.15) is 6.61 Å². The number of hydrogen-bond donors (Lipinski definition) is 0. The first kappa shape index (κ1) is 11.9. The maximum absolute atomic E-state index is 11.2. The van der Waals surface area contributed by atoms with Crippen LogP contribution in [0.15, 0.2) is 41.4 Å². The zero-order valence-electron chi connectivity index (χ0n) is 8.90. The number of carbonyl (C=O) groups excluding carboxylic acids is 2. The second kappa shape index (κ2) is 5.63. The Kier molecular flexibility index (Phi) is 4.18. The number of ether oxygens (including phenoxy) is 1. The van der Waals surface area contributed by atoms with E-state index >= 15 is 0 Å². The molecule has 0 N–H and O–H groups in total. The summed E-state index contributed by atoms with van der Waals surface area (Å²) in [5.74, 6) is -0.468. The molecule has 0 saturated heterocycles. The molecule has 0 amide bonds. The molecule has 0 aliphatic heterocycles. The molecule has 1 aromatic carbocycles. The SMILES string of the molecule is C=C(C)C(=O)OCc1ccccc1N=C=O. The second-order valence-electron chi connectivity index (χ2n) is 3.19. The van der Waals surface area contributed by atoms with Crippen molar-refractivity contribution in [1.82, 2.24) is 0 Å². The monoisotopic (exact) mass is 217 g/mol. The molecule has 0 aliphatic rings. The number of esters is 1. The summed E-state index contributed by atoms with van der Waals surface area (Å²) in [6, 6.07) is 6.88. The third kappa shape index (κ3) is 3.19. The number of carbonyl (C=O) groups is 1. The van der Waals surface area contributed by atoms with Crippen molar-refractivity contribution >= 4 is 17.7 Å². The van der Waals surface area contributed by atoms with Gasteiger partial charge in [-0.25, -0.2) is 9.59 Å². The third-order valence-electron chi connectivity index (χ3n) is 1.86. The molecule has 0 saturated carbocycles. The van der Waals surface area contributed by atoms with Crippen molar-refractivity contribution in [3.63, 3.8) is 0 Å². The molecule has 1 aromatic rings. The van der Waals surface area contributed by atoms with Crippen LogP contribution < -0.4 is 0 Å². The Balaban J connectivity index is 2.77. The molecule has 0 aromatic heterocycles. The number of isocyanates is 1. The largest absolute Gasteiger partial charge is 0.457 e. The summed E-state index contributed by atoms with van der Waals surface area (Å²) in [6.45, 7) is 5.10. The minimum Gasteiger partial charge on any atom is -0.457 e. The highest BCUT2D eigenvalue weighted by Gasteiger charge is 2.06. The fraction of sp³-hybridized carbons (Fsp3) is 0.167. The number of hydrogen-bond acceptors (Lipinski definition) is 4. The van der Waals surface area contributed by atoms with Crippen LogP contribution in [0.3, 0.4) is 0 Å². The second-order valence-corrected chi connectivity index (χ2v) is 3.19. The molecule has 1 rings (SSSR count). The Morgan fingerprint density at radius 1 is 1.50 bits per heavy atom. The highest BCUT2D eigenvalue weighted by Crippen LogP contribution is 2.18. The van der Waals surface area contributed by atoms with Gasteiger partial charge in [-0.1, -0.05) is 24.8 Å². The highest BCUT2D eigenvalue weighted by molar-refractivity contribution is 5.86. The number of aliphatic imine (C=N–C) groups is 1. The molecule has 0 radical (unpaired) electrons. The Morgan fingerprint density at radius 3 is 2.81 bits per heavy atom. The number of nitrogens with zero attached hydrogens (tertiary/aromatic N) is 1. The number of para-hydroxylation sites is 1. The molecule has 82 valence electrons. The van der Waals surface area contributed by atoms with Gasteiger partial charge in [0.05, 0.1) is 5.69 Å². The molecule has 0 heterocycles. The van der Waals surface area contributed by atoms with E-state index in [1.807, 2.05) is 0 Å². The summed E-state index contributed by atoms with van der Waals surface area (Å²) in [5.41, 5.74) is 1.43. The summed E-state index contributed by atoms with van der Waals surface area (Å²) in [6.07, 6.45) is 1.45. The first-order chi connectivity index (χ1) is 7.65. The van der Waals surface area contributed by atoms with E-state index in [1.54, 1.807) is 31.2 Å². The quantitative estimate of drug-likeness (QED) is 0.336. The van der Waals surface area contributed by atoms with Gasteiger partial charge in [0.25, 0.3) is 0 Å². The maximum Gasteiger partial charge on any atom is 0.333 e. The minimum atomic E-state index is -0.468. The lowest BCUT2D eigenvalue weighted by Gasteiger charge is -2.05. The molecule has 0 spiro atoms. The van der Waals surface area contributed by atoms with E-state index in [0.29, 0.717) is 16.8 Å². The molecular weight excluding hydrogens is 206 g/mol. The molecule has 0 aliphatic carbocycles. The van der Waals surface area contributed by atoms with E-state index < -0.39 is 5.97 Å². The van der Waals surface area contributed by atoms with Gasteiger partial charge in [-0.05, 0) is 13.0 Å². The van der Waals surface area contributed by atoms with E-state index in [4.69, 9.17) is 4.74 Å². The van der Waals surface area contributed by atoms with E-state index in [2.05, 4.69) is 11.6 Å². The van der Waals surface area contributed by atoms with Crippen LogP contribution >= 0.6 is 0 Å². The van der Waals surface area contributed by atoms with Crippen LogP contribution in [-0.4, -0.2) is 12.0 Å². The summed E-state index contributed by atoms with van der Waals surface area (Å²) in [7, 11) is 0. The van der Waals surface area contributed by atoms with E-state index in [-0.39, 0.29) is 6.61 Å². The van der Waals surface area contributed by atoms with Crippen LogP contribution in [-0.2, 0) is 20.9 Å². The standard InChI is InChI=1S/C12H11NO3/c1-9(2)12(15)16-7-10-5-3-4-6-11(10)13-8-14/h3-6H,1,7H2,2H3. The first-order valence-corrected chi connectivity index (χ1v) is 4.63. The Bertz CT molecular complexity index is 459. The van der Waals surface area contributed by atoms with E-state index in [1.165, 1.54) is 6.08 Å². The Morgan fingerprint density at radius 2 is 2.19 bits per heavy atom. The molecule has 4 heteroatoms. The van der Waals surface area contributed by atoms with Gasteiger partial charge in [0.15, 0.2) is 0 Å². The van der Waals surface area contributed by atoms with E-state index in [9.17, 15) is 9.59 Å².